The molecule has 30 heavy (non-hydrogen) atoms. The molecule has 0 saturated carbocycles. The Morgan fingerprint density at radius 1 is 1.00 bits per heavy atom. The number of anilines is 1. The van der Waals surface area contributed by atoms with E-state index in [2.05, 4.69) is 68.5 Å². The second-order valence-electron chi connectivity index (χ2n) is 8.49. The van der Waals surface area contributed by atoms with Crippen LogP contribution in [0, 0.1) is 5.92 Å². The molecule has 2 aliphatic rings. The van der Waals surface area contributed by atoms with Crippen LogP contribution in [0.3, 0.4) is 0 Å². The van der Waals surface area contributed by atoms with Crippen molar-refractivity contribution in [2.45, 2.75) is 25.3 Å². The van der Waals surface area contributed by atoms with Crippen LogP contribution in [0.2, 0.25) is 0 Å². The number of aromatic amines is 1. The zero-order chi connectivity index (χ0) is 20.3. The van der Waals surface area contributed by atoms with Crippen LogP contribution < -0.4 is 4.90 Å². The number of piperidine rings is 1. The van der Waals surface area contributed by atoms with Crippen LogP contribution in [-0.2, 0) is 11.2 Å². The third kappa shape index (κ3) is 3.77. The van der Waals surface area contributed by atoms with Gasteiger partial charge in [-0.3, -0.25) is 10.00 Å². The van der Waals surface area contributed by atoms with Gasteiger partial charge in [0.1, 0.15) is 6.29 Å². The summed E-state index contributed by atoms with van der Waals surface area (Å²) in [7, 11) is 0. The summed E-state index contributed by atoms with van der Waals surface area (Å²) in [6, 6.07) is 17.1. The number of H-pyrrole nitrogens is 1. The van der Waals surface area contributed by atoms with E-state index in [-0.39, 0.29) is 6.04 Å². The summed E-state index contributed by atoms with van der Waals surface area (Å²) < 4.78 is 0. The summed E-state index contributed by atoms with van der Waals surface area (Å²) in [5.41, 5.74) is 6.13. The van der Waals surface area contributed by atoms with Crippen LogP contribution in [-0.4, -0.2) is 47.6 Å². The first kappa shape index (κ1) is 19.1. The van der Waals surface area contributed by atoms with Crippen LogP contribution in [0.5, 0.6) is 0 Å². The predicted octanol–water partition coefficient (Wildman–Crippen LogP) is 4.09. The number of aromatic nitrogens is 2. The fourth-order valence-electron chi connectivity index (χ4n) is 4.99. The number of carbonyl (C=O) groups excluding carboxylic acids is 1. The zero-order valence-corrected chi connectivity index (χ0v) is 17.2. The highest BCUT2D eigenvalue weighted by atomic mass is 16.1. The lowest BCUT2D eigenvalue weighted by atomic mass is 9.90. The second-order valence-corrected chi connectivity index (χ2v) is 8.49. The number of aldehydes is 1. The van der Waals surface area contributed by atoms with Gasteiger partial charge in [0.05, 0.1) is 12.2 Å². The fourth-order valence-corrected chi connectivity index (χ4v) is 4.99. The van der Waals surface area contributed by atoms with Gasteiger partial charge in [-0.1, -0.05) is 36.4 Å². The Morgan fingerprint density at radius 3 is 2.53 bits per heavy atom. The van der Waals surface area contributed by atoms with Crippen molar-refractivity contribution in [2.24, 2.45) is 5.92 Å². The van der Waals surface area contributed by atoms with Crippen LogP contribution in [0.4, 0.5) is 5.69 Å². The first-order valence-electron chi connectivity index (χ1n) is 10.9. The molecule has 5 rings (SSSR count). The molecule has 1 unspecified atom stereocenters. The molecule has 5 heteroatoms. The molecule has 2 aromatic carbocycles. The van der Waals surface area contributed by atoms with E-state index in [1.807, 2.05) is 12.4 Å². The van der Waals surface area contributed by atoms with Crippen molar-refractivity contribution in [3.8, 4) is 11.1 Å². The van der Waals surface area contributed by atoms with Crippen molar-refractivity contribution in [1.29, 1.82) is 0 Å². The van der Waals surface area contributed by atoms with E-state index in [4.69, 9.17) is 0 Å². The Bertz CT molecular complexity index is 975. The van der Waals surface area contributed by atoms with Gasteiger partial charge in [0, 0.05) is 43.6 Å². The molecule has 0 aliphatic carbocycles. The summed E-state index contributed by atoms with van der Waals surface area (Å²) in [6.45, 7) is 4.15. The summed E-state index contributed by atoms with van der Waals surface area (Å²) in [5.74, 6) is 0.652. The number of carbonyl (C=O) groups is 1. The van der Waals surface area contributed by atoms with E-state index in [1.165, 1.54) is 35.2 Å². The van der Waals surface area contributed by atoms with Crippen molar-refractivity contribution in [1.82, 2.24) is 15.1 Å². The lowest BCUT2D eigenvalue weighted by Gasteiger charge is -2.39. The van der Waals surface area contributed by atoms with Crippen molar-refractivity contribution in [3.05, 3.63) is 72.1 Å². The Labute approximate surface area is 177 Å². The number of fused-ring (bicyclic) bond motifs is 1. The fraction of sp³-hybridized carbons (Fsp3) is 0.360. The van der Waals surface area contributed by atoms with Crippen molar-refractivity contribution >= 4 is 12.0 Å². The quantitative estimate of drug-likeness (QED) is 0.656. The van der Waals surface area contributed by atoms with Gasteiger partial charge in [0.15, 0.2) is 0 Å². The van der Waals surface area contributed by atoms with E-state index in [0.29, 0.717) is 5.92 Å². The minimum atomic E-state index is -0.0801. The average Bonchev–Trinajstić information content (AvgIpc) is 3.35. The third-order valence-corrected chi connectivity index (χ3v) is 6.74. The topological polar surface area (TPSA) is 52.2 Å². The van der Waals surface area contributed by atoms with Crippen LogP contribution in [0.25, 0.3) is 11.1 Å². The van der Waals surface area contributed by atoms with Crippen LogP contribution in [0.1, 0.15) is 30.0 Å². The van der Waals surface area contributed by atoms with E-state index >= 15 is 0 Å². The summed E-state index contributed by atoms with van der Waals surface area (Å²) >= 11 is 0. The third-order valence-electron chi connectivity index (χ3n) is 6.74. The van der Waals surface area contributed by atoms with Gasteiger partial charge in [-0.05, 0) is 54.0 Å². The number of rotatable bonds is 5. The van der Waals surface area contributed by atoms with Gasteiger partial charge in [0.2, 0.25) is 0 Å². The van der Waals surface area contributed by atoms with Gasteiger partial charge in [-0.25, -0.2) is 0 Å². The molecular formula is C25H28N4O. The SMILES string of the molecule is O=CC1c2ccccc2CCN1CC1CCN(c2ccc(-c3cn[nH]c3)cc2)CC1. The van der Waals surface area contributed by atoms with E-state index in [1.54, 1.807) is 0 Å². The molecule has 1 atom stereocenters. The summed E-state index contributed by atoms with van der Waals surface area (Å²) in [4.78, 5) is 16.8. The monoisotopic (exact) mass is 400 g/mol. The van der Waals surface area contributed by atoms with Crippen LogP contribution >= 0.6 is 0 Å². The highest BCUT2D eigenvalue weighted by Gasteiger charge is 2.30. The molecule has 1 aromatic heterocycles. The number of hydrogen-bond donors (Lipinski definition) is 1. The molecular weight excluding hydrogens is 372 g/mol. The highest BCUT2D eigenvalue weighted by Crippen LogP contribution is 2.31. The molecule has 3 aromatic rings. The highest BCUT2D eigenvalue weighted by molar-refractivity contribution is 5.65. The molecule has 0 bridgehead atoms. The minimum Gasteiger partial charge on any atom is -0.372 e. The number of nitrogens with one attached hydrogen (secondary N) is 1. The van der Waals surface area contributed by atoms with Gasteiger partial charge in [0.25, 0.3) is 0 Å². The van der Waals surface area contributed by atoms with E-state index in [9.17, 15) is 4.79 Å². The van der Waals surface area contributed by atoms with Gasteiger partial charge >= 0.3 is 0 Å². The van der Waals surface area contributed by atoms with Crippen LogP contribution in [0.15, 0.2) is 60.9 Å². The number of hydrogen-bond acceptors (Lipinski definition) is 4. The maximum absolute atomic E-state index is 11.9. The predicted molar refractivity (Wildman–Crippen MR) is 119 cm³/mol. The first-order chi connectivity index (χ1) is 14.8. The maximum atomic E-state index is 11.9. The molecule has 1 fully saturated rings. The van der Waals surface area contributed by atoms with Gasteiger partial charge in [-0.15, -0.1) is 0 Å². The Morgan fingerprint density at radius 2 is 1.80 bits per heavy atom. The van der Waals surface area contributed by atoms with Crippen molar-refractivity contribution in [3.63, 3.8) is 0 Å². The molecule has 2 aliphatic heterocycles. The molecule has 0 spiro atoms. The lowest BCUT2D eigenvalue weighted by Crippen LogP contribution is -2.43. The van der Waals surface area contributed by atoms with Gasteiger partial charge in [-0.2, -0.15) is 5.10 Å². The van der Waals surface area contributed by atoms with Crippen molar-refractivity contribution < 1.29 is 4.79 Å². The average molecular weight is 401 g/mol. The first-order valence-corrected chi connectivity index (χ1v) is 10.9. The zero-order valence-electron chi connectivity index (χ0n) is 17.2. The Balaban J connectivity index is 1.19. The summed E-state index contributed by atoms with van der Waals surface area (Å²) in [5, 5.41) is 6.90. The molecule has 1 N–H and O–H groups in total. The number of nitrogens with zero attached hydrogens (tertiary/aromatic N) is 3. The minimum absolute atomic E-state index is 0.0801. The molecule has 1 saturated heterocycles. The normalized spacial score (nSPS) is 20.1. The number of benzene rings is 2. The molecule has 0 amide bonds. The second kappa shape index (κ2) is 8.44. The summed E-state index contributed by atoms with van der Waals surface area (Å²) in [6.07, 6.45) is 8.30. The molecule has 154 valence electrons. The Hall–Kier alpha value is -2.92. The smallest absolute Gasteiger partial charge is 0.141 e. The van der Waals surface area contributed by atoms with E-state index in [0.717, 1.165) is 44.4 Å². The maximum Gasteiger partial charge on any atom is 0.141 e. The molecule has 3 heterocycles. The van der Waals surface area contributed by atoms with E-state index < -0.39 is 0 Å². The standard InChI is InChI=1S/C25H28N4O/c30-18-25-24-4-2-1-3-21(24)11-14-29(25)17-19-9-12-28(13-10-19)23-7-5-20(6-8-23)22-15-26-27-16-22/h1-8,15-16,18-19,25H,9-14,17H2,(H,26,27). The van der Waals surface area contributed by atoms with Crippen molar-refractivity contribution in [2.75, 3.05) is 31.1 Å². The van der Waals surface area contributed by atoms with Gasteiger partial charge < -0.3 is 9.69 Å². The molecule has 5 nitrogen and oxygen atoms in total. The lowest BCUT2D eigenvalue weighted by molar-refractivity contribution is -0.113. The Kier molecular flexibility index (Phi) is 5.37. The molecule has 0 radical (unpaired) electrons. The largest absolute Gasteiger partial charge is 0.372 e.